The first-order chi connectivity index (χ1) is 16.5. The standard InChI is InChI=1S/C27H29N3O3S/c1-17(2)25(30-26(31)24-9-6-14-34-24)27(32)29-15-21(18-10-12-19(33-3)13-11-18)22-16-28-23-8-5-4-7-20(22)23/h4-14,16-17,21,25,28H,15H2,1-3H3,(H,29,32)(H,30,31). The highest BCUT2D eigenvalue weighted by Crippen LogP contribution is 2.31. The number of thiophene rings is 1. The predicted molar refractivity (Wildman–Crippen MR) is 137 cm³/mol. The smallest absolute Gasteiger partial charge is 0.262 e. The quantitative estimate of drug-likeness (QED) is 0.321. The molecule has 0 aliphatic carbocycles. The van der Waals surface area contributed by atoms with Gasteiger partial charge in [0.1, 0.15) is 11.8 Å². The number of para-hydroxylation sites is 1. The molecule has 0 saturated heterocycles. The summed E-state index contributed by atoms with van der Waals surface area (Å²) in [5.74, 6) is 0.218. The predicted octanol–water partition coefficient (Wildman–Crippen LogP) is 4.94. The molecule has 0 spiro atoms. The van der Waals surface area contributed by atoms with Crippen LogP contribution < -0.4 is 15.4 Å². The van der Waals surface area contributed by atoms with E-state index in [1.54, 1.807) is 13.2 Å². The molecule has 34 heavy (non-hydrogen) atoms. The number of hydrogen-bond donors (Lipinski definition) is 3. The van der Waals surface area contributed by atoms with Gasteiger partial charge in [-0.25, -0.2) is 0 Å². The van der Waals surface area contributed by atoms with Crippen LogP contribution in [0.25, 0.3) is 10.9 Å². The first-order valence-corrected chi connectivity index (χ1v) is 12.2. The summed E-state index contributed by atoms with van der Waals surface area (Å²) >= 11 is 1.36. The molecule has 3 N–H and O–H groups in total. The first kappa shape index (κ1) is 23.6. The maximum Gasteiger partial charge on any atom is 0.262 e. The molecule has 0 fully saturated rings. The number of rotatable bonds is 9. The molecule has 2 aromatic carbocycles. The normalized spacial score (nSPS) is 12.9. The zero-order valence-electron chi connectivity index (χ0n) is 19.5. The van der Waals surface area contributed by atoms with Gasteiger partial charge in [-0.1, -0.05) is 50.2 Å². The van der Waals surface area contributed by atoms with Crippen LogP contribution >= 0.6 is 11.3 Å². The molecular weight excluding hydrogens is 446 g/mol. The molecule has 0 bridgehead atoms. The van der Waals surface area contributed by atoms with Gasteiger partial charge in [0.25, 0.3) is 5.91 Å². The van der Waals surface area contributed by atoms with Gasteiger partial charge >= 0.3 is 0 Å². The number of benzene rings is 2. The summed E-state index contributed by atoms with van der Waals surface area (Å²) in [6.45, 7) is 4.25. The van der Waals surface area contributed by atoms with E-state index in [4.69, 9.17) is 4.74 Å². The number of carbonyl (C=O) groups excluding carboxylic acids is 2. The van der Waals surface area contributed by atoms with Crippen molar-refractivity contribution in [1.29, 1.82) is 0 Å². The van der Waals surface area contributed by atoms with Crippen LogP contribution in [0.5, 0.6) is 5.75 Å². The molecule has 2 unspecified atom stereocenters. The van der Waals surface area contributed by atoms with Gasteiger partial charge in [0, 0.05) is 29.6 Å². The van der Waals surface area contributed by atoms with Gasteiger partial charge in [0.05, 0.1) is 12.0 Å². The minimum atomic E-state index is -0.630. The molecule has 2 amide bonds. The van der Waals surface area contributed by atoms with Gasteiger partial charge in [-0.3, -0.25) is 9.59 Å². The first-order valence-electron chi connectivity index (χ1n) is 11.3. The molecule has 4 aromatic rings. The number of carbonyl (C=O) groups is 2. The van der Waals surface area contributed by atoms with Crippen molar-refractivity contribution in [3.8, 4) is 5.75 Å². The lowest BCUT2D eigenvalue weighted by molar-refractivity contribution is -0.123. The molecule has 176 valence electrons. The summed E-state index contributed by atoms with van der Waals surface area (Å²) in [6.07, 6.45) is 2.00. The van der Waals surface area contributed by atoms with Gasteiger partial charge in [0.2, 0.25) is 5.91 Å². The zero-order valence-corrected chi connectivity index (χ0v) is 20.3. The largest absolute Gasteiger partial charge is 0.497 e. The van der Waals surface area contributed by atoms with E-state index in [-0.39, 0.29) is 23.7 Å². The molecule has 0 saturated carbocycles. The van der Waals surface area contributed by atoms with Crippen molar-refractivity contribution in [2.24, 2.45) is 5.92 Å². The fourth-order valence-corrected chi connectivity index (χ4v) is 4.72. The molecule has 6 nitrogen and oxygen atoms in total. The Bertz CT molecular complexity index is 1250. The third-order valence-electron chi connectivity index (χ3n) is 5.98. The summed E-state index contributed by atoms with van der Waals surface area (Å²) in [7, 11) is 1.64. The fourth-order valence-electron chi connectivity index (χ4n) is 4.09. The van der Waals surface area contributed by atoms with Gasteiger partial charge in [-0.2, -0.15) is 0 Å². The van der Waals surface area contributed by atoms with Crippen molar-refractivity contribution in [2.45, 2.75) is 25.8 Å². The highest BCUT2D eigenvalue weighted by atomic mass is 32.1. The van der Waals surface area contributed by atoms with Crippen LogP contribution in [-0.4, -0.2) is 36.5 Å². The molecule has 2 atom stereocenters. The Morgan fingerprint density at radius 1 is 1.03 bits per heavy atom. The Morgan fingerprint density at radius 2 is 1.79 bits per heavy atom. The van der Waals surface area contributed by atoms with E-state index in [9.17, 15) is 9.59 Å². The van der Waals surface area contributed by atoms with E-state index in [0.29, 0.717) is 11.4 Å². The summed E-state index contributed by atoms with van der Waals surface area (Å²) < 4.78 is 5.32. The summed E-state index contributed by atoms with van der Waals surface area (Å²) in [6, 6.07) is 19.0. The number of ether oxygens (including phenoxy) is 1. The molecule has 0 aliphatic heterocycles. The van der Waals surface area contributed by atoms with Crippen LogP contribution in [0.3, 0.4) is 0 Å². The van der Waals surface area contributed by atoms with Crippen LogP contribution in [0, 0.1) is 5.92 Å². The van der Waals surface area contributed by atoms with E-state index in [2.05, 4.69) is 21.7 Å². The number of amides is 2. The minimum absolute atomic E-state index is 0.0589. The topological polar surface area (TPSA) is 83.2 Å². The SMILES string of the molecule is COc1ccc(C(CNC(=O)C(NC(=O)c2cccs2)C(C)C)c2c[nH]c3ccccc23)cc1. The van der Waals surface area contributed by atoms with Crippen LogP contribution in [-0.2, 0) is 4.79 Å². The molecule has 2 aromatic heterocycles. The van der Waals surface area contributed by atoms with E-state index in [1.807, 2.05) is 74.0 Å². The van der Waals surface area contributed by atoms with Crippen molar-refractivity contribution in [2.75, 3.05) is 13.7 Å². The summed E-state index contributed by atoms with van der Waals surface area (Å²) in [5, 5.41) is 8.96. The van der Waals surface area contributed by atoms with Gasteiger partial charge in [-0.15, -0.1) is 11.3 Å². The molecule has 0 radical (unpaired) electrons. The Labute approximate surface area is 203 Å². The maximum atomic E-state index is 13.2. The third-order valence-corrected chi connectivity index (χ3v) is 6.84. The number of aromatic amines is 1. The van der Waals surface area contributed by atoms with Crippen molar-refractivity contribution in [3.05, 3.63) is 88.2 Å². The Hall–Kier alpha value is -3.58. The number of H-pyrrole nitrogens is 1. The van der Waals surface area contributed by atoms with Gasteiger partial charge in [-0.05, 0) is 46.7 Å². The highest BCUT2D eigenvalue weighted by Gasteiger charge is 2.27. The van der Waals surface area contributed by atoms with E-state index in [1.165, 1.54) is 11.3 Å². The minimum Gasteiger partial charge on any atom is -0.497 e. The lowest BCUT2D eigenvalue weighted by Crippen LogP contribution is -2.50. The molecule has 0 aliphatic rings. The van der Waals surface area contributed by atoms with Crippen molar-refractivity contribution < 1.29 is 14.3 Å². The van der Waals surface area contributed by atoms with E-state index >= 15 is 0 Å². The van der Waals surface area contributed by atoms with Crippen LogP contribution in [0.4, 0.5) is 0 Å². The number of hydrogen-bond acceptors (Lipinski definition) is 4. The fraction of sp³-hybridized carbons (Fsp3) is 0.259. The Kier molecular flexibility index (Phi) is 7.33. The lowest BCUT2D eigenvalue weighted by Gasteiger charge is -2.24. The monoisotopic (exact) mass is 475 g/mol. The number of aromatic nitrogens is 1. The Balaban J connectivity index is 1.57. The van der Waals surface area contributed by atoms with Crippen LogP contribution in [0.2, 0.25) is 0 Å². The second-order valence-corrected chi connectivity index (χ2v) is 9.48. The third kappa shape index (κ3) is 5.15. The van der Waals surface area contributed by atoms with E-state index in [0.717, 1.165) is 27.8 Å². The molecule has 4 rings (SSSR count). The van der Waals surface area contributed by atoms with Crippen LogP contribution in [0.15, 0.2) is 72.2 Å². The van der Waals surface area contributed by atoms with Crippen molar-refractivity contribution in [1.82, 2.24) is 15.6 Å². The summed E-state index contributed by atoms with van der Waals surface area (Å²) in [4.78, 5) is 29.7. The molecule has 2 heterocycles. The zero-order chi connectivity index (χ0) is 24.1. The number of fused-ring (bicyclic) bond motifs is 1. The number of methoxy groups -OCH3 is 1. The maximum absolute atomic E-state index is 13.2. The average molecular weight is 476 g/mol. The Morgan fingerprint density at radius 3 is 2.47 bits per heavy atom. The van der Waals surface area contributed by atoms with E-state index < -0.39 is 6.04 Å². The van der Waals surface area contributed by atoms with Gasteiger partial charge < -0.3 is 20.4 Å². The summed E-state index contributed by atoms with van der Waals surface area (Å²) in [5.41, 5.74) is 3.21. The number of nitrogens with one attached hydrogen (secondary N) is 3. The van der Waals surface area contributed by atoms with Crippen molar-refractivity contribution in [3.63, 3.8) is 0 Å². The van der Waals surface area contributed by atoms with Crippen LogP contribution in [0.1, 0.15) is 40.6 Å². The second kappa shape index (κ2) is 10.6. The van der Waals surface area contributed by atoms with Gasteiger partial charge in [0.15, 0.2) is 0 Å². The highest BCUT2D eigenvalue weighted by molar-refractivity contribution is 7.12. The van der Waals surface area contributed by atoms with Crippen molar-refractivity contribution >= 4 is 34.1 Å². The molecule has 7 heteroatoms. The second-order valence-electron chi connectivity index (χ2n) is 8.53. The average Bonchev–Trinajstić information content (AvgIpc) is 3.53. The molecular formula is C27H29N3O3S. The lowest BCUT2D eigenvalue weighted by atomic mass is 9.90.